The van der Waals surface area contributed by atoms with Crippen LogP contribution in [0.15, 0.2) is 35.2 Å². The summed E-state index contributed by atoms with van der Waals surface area (Å²) in [4.78, 5) is 15.5. The van der Waals surface area contributed by atoms with Gasteiger partial charge in [-0.05, 0) is 31.2 Å². The number of carbonyl (C=O) groups is 1. The molecule has 0 fully saturated rings. The molecular weight excluding hydrogens is 258 g/mol. The fourth-order valence-corrected chi connectivity index (χ4v) is 2.31. The van der Waals surface area contributed by atoms with Gasteiger partial charge in [0.2, 0.25) is 5.91 Å². The summed E-state index contributed by atoms with van der Waals surface area (Å²) in [6.45, 7) is 3.91. The van der Waals surface area contributed by atoms with Crippen molar-refractivity contribution in [1.29, 1.82) is 0 Å². The molecule has 5 heteroatoms. The molecule has 0 spiro atoms. The molecular formula is C14H17N3OS. The van der Waals surface area contributed by atoms with E-state index in [4.69, 9.17) is 0 Å². The van der Waals surface area contributed by atoms with E-state index in [0.717, 1.165) is 17.1 Å². The van der Waals surface area contributed by atoms with E-state index < -0.39 is 0 Å². The highest BCUT2D eigenvalue weighted by Gasteiger charge is 2.07. The Morgan fingerprint density at radius 3 is 2.58 bits per heavy atom. The molecule has 4 nitrogen and oxygen atoms in total. The van der Waals surface area contributed by atoms with E-state index in [1.165, 1.54) is 0 Å². The molecule has 0 saturated carbocycles. The second-order valence-electron chi connectivity index (χ2n) is 4.26. The molecule has 1 unspecified atom stereocenters. The molecule has 0 radical (unpaired) electrons. The number of carbonyl (C=O) groups excluding carboxylic acids is 1. The summed E-state index contributed by atoms with van der Waals surface area (Å²) < 4.78 is 0. The van der Waals surface area contributed by atoms with Crippen molar-refractivity contribution < 1.29 is 4.79 Å². The number of rotatable bonds is 5. The Labute approximate surface area is 116 Å². The zero-order valence-electron chi connectivity index (χ0n) is 11.0. The molecule has 100 valence electrons. The van der Waals surface area contributed by atoms with Gasteiger partial charge < -0.3 is 10.6 Å². The molecule has 1 atom stereocenters. The van der Waals surface area contributed by atoms with Crippen LogP contribution in [0.1, 0.15) is 32.0 Å². The van der Waals surface area contributed by atoms with Gasteiger partial charge in [-0.3, -0.25) is 4.79 Å². The maximum Gasteiger partial charge on any atom is 0.224 e. The molecule has 0 aliphatic carbocycles. The number of amides is 1. The molecule has 1 aromatic heterocycles. The van der Waals surface area contributed by atoms with E-state index in [-0.39, 0.29) is 11.9 Å². The van der Waals surface area contributed by atoms with Crippen LogP contribution in [-0.2, 0) is 4.79 Å². The fraction of sp³-hybridized carbons (Fsp3) is 0.286. The minimum absolute atomic E-state index is 0.0246. The number of anilines is 2. The summed E-state index contributed by atoms with van der Waals surface area (Å²) in [6, 6.07) is 7.86. The van der Waals surface area contributed by atoms with Crippen molar-refractivity contribution >= 4 is 28.6 Å². The van der Waals surface area contributed by atoms with Crippen molar-refractivity contribution in [3.63, 3.8) is 0 Å². The monoisotopic (exact) mass is 275 g/mol. The molecule has 2 aromatic rings. The Hall–Kier alpha value is -1.88. The van der Waals surface area contributed by atoms with Gasteiger partial charge in [0.15, 0.2) is 0 Å². The Morgan fingerprint density at radius 2 is 2.00 bits per heavy atom. The smallest absolute Gasteiger partial charge is 0.224 e. The van der Waals surface area contributed by atoms with Gasteiger partial charge in [0.25, 0.3) is 0 Å². The third-order valence-electron chi connectivity index (χ3n) is 2.77. The first-order valence-corrected chi connectivity index (χ1v) is 7.18. The van der Waals surface area contributed by atoms with Gasteiger partial charge in [0.1, 0.15) is 0 Å². The minimum Gasteiger partial charge on any atom is -0.377 e. The van der Waals surface area contributed by atoms with Crippen LogP contribution in [0, 0.1) is 0 Å². The Kier molecular flexibility index (Phi) is 4.52. The molecule has 2 rings (SSSR count). The second-order valence-corrected chi connectivity index (χ2v) is 4.98. The lowest BCUT2D eigenvalue weighted by Crippen LogP contribution is -2.10. The van der Waals surface area contributed by atoms with E-state index in [9.17, 15) is 4.79 Å². The summed E-state index contributed by atoms with van der Waals surface area (Å²) in [6.07, 6.45) is 0.487. The van der Waals surface area contributed by atoms with Crippen LogP contribution in [0.4, 0.5) is 11.4 Å². The van der Waals surface area contributed by atoms with Crippen molar-refractivity contribution in [3.05, 3.63) is 40.8 Å². The molecule has 0 bridgehead atoms. The van der Waals surface area contributed by atoms with E-state index >= 15 is 0 Å². The lowest BCUT2D eigenvalue weighted by atomic mass is 10.2. The Morgan fingerprint density at radius 1 is 1.32 bits per heavy atom. The Balaban J connectivity index is 1.97. The van der Waals surface area contributed by atoms with E-state index in [1.54, 1.807) is 11.3 Å². The van der Waals surface area contributed by atoms with Crippen LogP contribution in [0.2, 0.25) is 0 Å². The van der Waals surface area contributed by atoms with Crippen molar-refractivity contribution in [2.45, 2.75) is 26.3 Å². The van der Waals surface area contributed by atoms with Crippen LogP contribution >= 0.6 is 11.3 Å². The van der Waals surface area contributed by atoms with Gasteiger partial charge in [-0.1, -0.05) is 6.92 Å². The van der Waals surface area contributed by atoms with Crippen LogP contribution in [0.25, 0.3) is 0 Å². The maximum atomic E-state index is 11.3. The number of thiazole rings is 1. The van der Waals surface area contributed by atoms with Gasteiger partial charge in [-0.15, -0.1) is 11.3 Å². The zero-order valence-corrected chi connectivity index (χ0v) is 11.8. The van der Waals surface area contributed by atoms with E-state index in [1.807, 2.05) is 42.1 Å². The fourth-order valence-electron chi connectivity index (χ4n) is 1.66. The summed E-state index contributed by atoms with van der Waals surface area (Å²) >= 11 is 1.59. The van der Waals surface area contributed by atoms with Crippen LogP contribution < -0.4 is 10.6 Å². The largest absolute Gasteiger partial charge is 0.377 e. The van der Waals surface area contributed by atoms with Crippen molar-refractivity contribution in [3.8, 4) is 0 Å². The van der Waals surface area contributed by atoms with Gasteiger partial charge in [0, 0.05) is 23.2 Å². The molecule has 1 amide bonds. The molecule has 2 N–H and O–H groups in total. The van der Waals surface area contributed by atoms with Crippen LogP contribution in [0.3, 0.4) is 0 Å². The highest BCUT2D eigenvalue weighted by Crippen LogP contribution is 2.20. The summed E-state index contributed by atoms with van der Waals surface area (Å²) in [7, 11) is 0. The van der Waals surface area contributed by atoms with Crippen LogP contribution in [-0.4, -0.2) is 10.9 Å². The number of hydrogen-bond acceptors (Lipinski definition) is 4. The number of hydrogen-bond donors (Lipinski definition) is 2. The quantitative estimate of drug-likeness (QED) is 0.875. The topological polar surface area (TPSA) is 54.0 Å². The standard InChI is InChI=1S/C14H17N3OS/c1-3-14(18)17-12-6-4-11(5-7-12)16-10(2)13-8-19-9-15-13/h4-10,16H,3H2,1-2H3,(H,17,18). The Bertz CT molecular complexity index is 522. The zero-order chi connectivity index (χ0) is 13.7. The number of nitrogens with one attached hydrogen (secondary N) is 2. The van der Waals surface area contributed by atoms with Crippen molar-refractivity contribution in [2.24, 2.45) is 0 Å². The minimum atomic E-state index is 0.0246. The SMILES string of the molecule is CCC(=O)Nc1ccc(NC(C)c2cscn2)cc1. The average Bonchev–Trinajstić information content (AvgIpc) is 2.95. The maximum absolute atomic E-state index is 11.3. The second kappa shape index (κ2) is 6.33. The number of nitrogens with zero attached hydrogens (tertiary/aromatic N) is 1. The molecule has 0 saturated heterocycles. The molecule has 1 heterocycles. The molecule has 1 aromatic carbocycles. The van der Waals surface area contributed by atoms with E-state index in [2.05, 4.69) is 22.5 Å². The lowest BCUT2D eigenvalue weighted by Gasteiger charge is -2.13. The molecule has 19 heavy (non-hydrogen) atoms. The van der Waals surface area contributed by atoms with Crippen molar-refractivity contribution in [2.75, 3.05) is 10.6 Å². The summed E-state index contributed by atoms with van der Waals surface area (Å²) in [5.41, 5.74) is 4.69. The number of aromatic nitrogens is 1. The first-order valence-electron chi connectivity index (χ1n) is 6.23. The van der Waals surface area contributed by atoms with Crippen LogP contribution in [0.5, 0.6) is 0 Å². The average molecular weight is 275 g/mol. The van der Waals surface area contributed by atoms with Gasteiger partial charge in [-0.2, -0.15) is 0 Å². The number of benzene rings is 1. The molecule has 0 aliphatic heterocycles. The first kappa shape index (κ1) is 13.5. The molecule has 0 aliphatic rings. The highest BCUT2D eigenvalue weighted by molar-refractivity contribution is 7.07. The predicted molar refractivity (Wildman–Crippen MR) is 79.5 cm³/mol. The summed E-state index contributed by atoms with van der Waals surface area (Å²) in [5.74, 6) is 0.0246. The summed E-state index contributed by atoms with van der Waals surface area (Å²) in [5, 5.41) is 8.23. The highest BCUT2D eigenvalue weighted by atomic mass is 32.1. The third-order valence-corrected chi connectivity index (χ3v) is 3.37. The van der Waals surface area contributed by atoms with Gasteiger partial charge in [0.05, 0.1) is 17.2 Å². The van der Waals surface area contributed by atoms with E-state index in [0.29, 0.717) is 6.42 Å². The first-order chi connectivity index (χ1) is 9.19. The predicted octanol–water partition coefficient (Wildman–Crippen LogP) is 3.66. The van der Waals surface area contributed by atoms with Gasteiger partial charge in [-0.25, -0.2) is 4.98 Å². The van der Waals surface area contributed by atoms with Gasteiger partial charge >= 0.3 is 0 Å². The van der Waals surface area contributed by atoms with Crippen molar-refractivity contribution in [1.82, 2.24) is 4.98 Å². The lowest BCUT2D eigenvalue weighted by molar-refractivity contribution is -0.115. The normalized spacial score (nSPS) is 11.9. The third kappa shape index (κ3) is 3.79.